The van der Waals surface area contributed by atoms with Crippen molar-refractivity contribution in [1.29, 1.82) is 0 Å². The molecule has 0 aliphatic carbocycles. The summed E-state index contributed by atoms with van der Waals surface area (Å²) in [4.78, 5) is 28.1. The standard InChI is InChI=1S/C23H25N3O3/c1-2-26-21-11-9-18(8-10-19(28)16-27)14-20(21)25-22(26)12-13-24-23(29)15-17-6-4-3-5-7-17/h3-11,14,27H,2,12-13,15-16H2,1H3,(H,24,29)/b10-8+. The summed E-state index contributed by atoms with van der Waals surface area (Å²) in [6, 6.07) is 15.5. The van der Waals surface area contributed by atoms with Crippen molar-refractivity contribution in [1.82, 2.24) is 14.9 Å². The summed E-state index contributed by atoms with van der Waals surface area (Å²) in [6.45, 7) is 2.87. The Bertz CT molecular complexity index is 1020. The highest BCUT2D eigenvalue weighted by molar-refractivity contribution is 5.94. The first-order valence-electron chi connectivity index (χ1n) is 9.72. The summed E-state index contributed by atoms with van der Waals surface area (Å²) in [5.74, 6) is 0.572. The molecular weight excluding hydrogens is 366 g/mol. The first-order valence-corrected chi connectivity index (χ1v) is 9.72. The second-order valence-electron chi connectivity index (χ2n) is 6.74. The van der Waals surface area contributed by atoms with Crippen molar-refractivity contribution in [2.75, 3.05) is 13.2 Å². The number of rotatable bonds is 9. The van der Waals surface area contributed by atoms with Crippen LogP contribution in [0.4, 0.5) is 0 Å². The topological polar surface area (TPSA) is 84.2 Å². The Balaban J connectivity index is 1.66. The van der Waals surface area contributed by atoms with Gasteiger partial charge in [-0.2, -0.15) is 0 Å². The van der Waals surface area contributed by atoms with Gasteiger partial charge in [-0.3, -0.25) is 9.59 Å². The van der Waals surface area contributed by atoms with E-state index in [4.69, 9.17) is 10.1 Å². The number of benzene rings is 2. The number of amides is 1. The van der Waals surface area contributed by atoms with Gasteiger partial charge in [0.15, 0.2) is 5.78 Å². The van der Waals surface area contributed by atoms with Gasteiger partial charge in [0, 0.05) is 19.5 Å². The highest BCUT2D eigenvalue weighted by atomic mass is 16.3. The van der Waals surface area contributed by atoms with Crippen molar-refractivity contribution in [3.05, 3.63) is 71.6 Å². The predicted octanol–water partition coefficient (Wildman–Crippen LogP) is 2.53. The molecule has 0 bridgehead atoms. The molecule has 6 nitrogen and oxygen atoms in total. The minimum absolute atomic E-state index is 0.00339. The molecule has 0 unspecified atom stereocenters. The molecule has 1 heterocycles. The molecule has 2 aromatic carbocycles. The summed E-state index contributed by atoms with van der Waals surface area (Å²) in [5, 5.41) is 11.8. The number of fused-ring (bicyclic) bond motifs is 1. The van der Waals surface area contributed by atoms with Crippen LogP contribution in [-0.4, -0.2) is 39.5 Å². The van der Waals surface area contributed by atoms with Crippen LogP contribution >= 0.6 is 0 Å². The number of imidazole rings is 1. The zero-order valence-corrected chi connectivity index (χ0v) is 16.5. The number of ketones is 1. The lowest BCUT2D eigenvalue weighted by atomic mass is 10.1. The lowest BCUT2D eigenvalue weighted by Gasteiger charge is -2.08. The van der Waals surface area contributed by atoms with E-state index in [0.29, 0.717) is 19.4 Å². The van der Waals surface area contributed by atoms with Gasteiger partial charge in [-0.25, -0.2) is 4.98 Å². The Labute approximate surface area is 169 Å². The fraction of sp³-hybridized carbons (Fsp3) is 0.261. The minimum Gasteiger partial charge on any atom is -0.388 e. The number of hydrogen-bond acceptors (Lipinski definition) is 4. The summed E-state index contributed by atoms with van der Waals surface area (Å²) in [5.41, 5.74) is 3.70. The van der Waals surface area contributed by atoms with Crippen LogP contribution in [0.5, 0.6) is 0 Å². The number of carbonyl (C=O) groups is 2. The normalized spacial score (nSPS) is 11.2. The molecule has 0 saturated carbocycles. The molecule has 150 valence electrons. The molecule has 0 aliphatic rings. The van der Waals surface area contributed by atoms with Crippen molar-refractivity contribution in [2.24, 2.45) is 0 Å². The first-order chi connectivity index (χ1) is 14.1. The van der Waals surface area contributed by atoms with Gasteiger partial charge in [0.2, 0.25) is 5.91 Å². The van der Waals surface area contributed by atoms with Crippen LogP contribution in [0.2, 0.25) is 0 Å². The van der Waals surface area contributed by atoms with E-state index >= 15 is 0 Å². The van der Waals surface area contributed by atoms with Gasteiger partial charge in [-0.1, -0.05) is 42.5 Å². The highest BCUT2D eigenvalue weighted by Gasteiger charge is 2.10. The smallest absolute Gasteiger partial charge is 0.224 e. The molecule has 0 spiro atoms. The molecule has 1 aromatic heterocycles. The fourth-order valence-corrected chi connectivity index (χ4v) is 3.24. The van der Waals surface area contributed by atoms with Gasteiger partial charge >= 0.3 is 0 Å². The number of hydrogen-bond donors (Lipinski definition) is 2. The van der Waals surface area contributed by atoms with Crippen molar-refractivity contribution in [3.8, 4) is 0 Å². The maximum atomic E-state index is 12.1. The van der Waals surface area contributed by atoms with E-state index < -0.39 is 6.61 Å². The van der Waals surface area contributed by atoms with Crippen LogP contribution in [0.15, 0.2) is 54.6 Å². The number of carbonyl (C=O) groups excluding carboxylic acids is 2. The molecule has 3 rings (SSSR count). The number of aliphatic hydroxyl groups excluding tert-OH is 1. The predicted molar refractivity (Wildman–Crippen MR) is 113 cm³/mol. The van der Waals surface area contributed by atoms with Crippen molar-refractivity contribution in [2.45, 2.75) is 26.3 Å². The summed E-state index contributed by atoms with van der Waals surface area (Å²) in [7, 11) is 0. The summed E-state index contributed by atoms with van der Waals surface area (Å²) in [6.07, 6.45) is 4.04. The van der Waals surface area contributed by atoms with E-state index in [0.717, 1.165) is 34.5 Å². The zero-order valence-electron chi connectivity index (χ0n) is 16.5. The molecule has 0 atom stereocenters. The van der Waals surface area contributed by atoms with E-state index in [2.05, 4.69) is 16.8 Å². The maximum absolute atomic E-state index is 12.1. The third kappa shape index (κ3) is 5.39. The minimum atomic E-state index is -0.497. The van der Waals surface area contributed by atoms with E-state index in [1.807, 2.05) is 48.5 Å². The Morgan fingerprint density at radius 3 is 2.69 bits per heavy atom. The summed E-state index contributed by atoms with van der Waals surface area (Å²) < 4.78 is 2.13. The second-order valence-corrected chi connectivity index (χ2v) is 6.74. The maximum Gasteiger partial charge on any atom is 0.224 e. The van der Waals surface area contributed by atoms with Crippen LogP contribution in [0, 0.1) is 0 Å². The van der Waals surface area contributed by atoms with Gasteiger partial charge in [0.25, 0.3) is 0 Å². The lowest BCUT2D eigenvalue weighted by Crippen LogP contribution is -2.27. The molecule has 0 saturated heterocycles. The zero-order chi connectivity index (χ0) is 20.6. The molecule has 0 radical (unpaired) electrons. The van der Waals surface area contributed by atoms with Gasteiger partial charge < -0.3 is 15.0 Å². The molecule has 0 aliphatic heterocycles. The third-order valence-corrected chi connectivity index (χ3v) is 4.66. The Morgan fingerprint density at radius 2 is 1.97 bits per heavy atom. The van der Waals surface area contributed by atoms with Gasteiger partial charge in [-0.15, -0.1) is 0 Å². The Hall–Kier alpha value is -3.25. The molecular formula is C23H25N3O3. The number of aliphatic hydroxyl groups is 1. The van der Waals surface area contributed by atoms with Crippen LogP contribution in [0.25, 0.3) is 17.1 Å². The molecule has 6 heteroatoms. The average molecular weight is 391 g/mol. The van der Waals surface area contributed by atoms with Crippen LogP contribution in [-0.2, 0) is 29.0 Å². The molecule has 29 heavy (non-hydrogen) atoms. The van der Waals surface area contributed by atoms with Gasteiger partial charge in [0.1, 0.15) is 12.4 Å². The van der Waals surface area contributed by atoms with E-state index in [-0.39, 0.29) is 11.7 Å². The SMILES string of the molecule is CCn1c(CCNC(=O)Cc2ccccc2)nc2cc(/C=C/C(=O)CO)ccc21. The largest absolute Gasteiger partial charge is 0.388 e. The fourth-order valence-electron chi connectivity index (χ4n) is 3.24. The Kier molecular flexibility index (Phi) is 6.92. The number of aryl methyl sites for hydroxylation is 1. The Morgan fingerprint density at radius 1 is 1.17 bits per heavy atom. The molecule has 2 N–H and O–H groups in total. The van der Waals surface area contributed by atoms with Gasteiger partial charge in [-0.05, 0) is 36.3 Å². The van der Waals surface area contributed by atoms with Crippen LogP contribution < -0.4 is 5.32 Å². The monoisotopic (exact) mass is 391 g/mol. The summed E-state index contributed by atoms with van der Waals surface area (Å²) >= 11 is 0. The highest BCUT2D eigenvalue weighted by Crippen LogP contribution is 2.19. The van der Waals surface area contributed by atoms with E-state index in [1.54, 1.807) is 6.08 Å². The number of nitrogens with one attached hydrogen (secondary N) is 1. The van der Waals surface area contributed by atoms with E-state index in [1.165, 1.54) is 6.08 Å². The number of nitrogens with zero attached hydrogens (tertiary/aromatic N) is 2. The second kappa shape index (κ2) is 9.80. The van der Waals surface area contributed by atoms with Crippen molar-refractivity contribution in [3.63, 3.8) is 0 Å². The van der Waals surface area contributed by atoms with Crippen LogP contribution in [0.1, 0.15) is 23.9 Å². The van der Waals surface area contributed by atoms with Crippen molar-refractivity contribution < 1.29 is 14.7 Å². The average Bonchev–Trinajstić information content (AvgIpc) is 3.09. The molecule has 3 aromatic rings. The van der Waals surface area contributed by atoms with E-state index in [9.17, 15) is 9.59 Å². The van der Waals surface area contributed by atoms with Crippen LogP contribution in [0.3, 0.4) is 0 Å². The lowest BCUT2D eigenvalue weighted by molar-refractivity contribution is -0.120. The van der Waals surface area contributed by atoms with Gasteiger partial charge in [0.05, 0.1) is 17.5 Å². The van der Waals surface area contributed by atoms with Crippen molar-refractivity contribution >= 4 is 28.8 Å². The quantitative estimate of drug-likeness (QED) is 0.549. The third-order valence-electron chi connectivity index (χ3n) is 4.66. The number of aromatic nitrogens is 2. The first kappa shape index (κ1) is 20.5. The molecule has 1 amide bonds. The molecule has 0 fully saturated rings.